The van der Waals surface area contributed by atoms with E-state index in [0.717, 1.165) is 19.0 Å². The number of hydrogen-bond donors (Lipinski definition) is 3. The number of amides is 2. The summed E-state index contributed by atoms with van der Waals surface area (Å²) < 4.78 is 0. The van der Waals surface area contributed by atoms with Gasteiger partial charge in [-0.25, -0.2) is 4.79 Å². The molecule has 0 radical (unpaired) electrons. The van der Waals surface area contributed by atoms with Crippen LogP contribution in [0.1, 0.15) is 29.9 Å². The first-order chi connectivity index (χ1) is 8.25. The highest BCUT2D eigenvalue weighted by Crippen LogP contribution is 2.40. The molecule has 0 saturated heterocycles. The normalized spacial score (nSPS) is 14.6. The summed E-state index contributed by atoms with van der Waals surface area (Å²) in [5.41, 5.74) is 7.73. The molecular weight excluding hydrogens is 214 g/mol. The van der Waals surface area contributed by atoms with E-state index in [0.29, 0.717) is 6.54 Å². The number of nitrogens with two attached hydrogens (primary N) is 1. The van der Waals surface area contributed by atoms with Crippen molar-refractivity contribution < 1.29 is 4.79 Å². The molecule has 0 aliphatic heterocycles. The minimum absolute atomic E-state index is 0.470. The SMILES string of the molecule is NC(=O)NCCNCc1cccc(C2CC2)c1. The number of benzene rings is 1. The molecule has 1 aliphatic carbocycles. The molecule has 4 N–H and O–H groups in total. The van der Waals surface area contributed by atoms with Crippen LogP contribution < -0.4 is 16.4 Å². The number of carbonyl (C=O) groups is 1. The van der Waals surface area contributed by atoms with Gasteiger partial charge in [0.05, 0.1) is 0 Å². The molecule has 1 fully saturated rings. The third-order valence-corrected chi connectivity index (χ3v) is 2.93. The molecule has 17 heavy (non-hydrogen) atoms. The maximum Gasteiger partial charge on any atom is 0.312 e. The Morgan fingerprint density at radius 1 is 1.35 bits per heavy atom. The van der Waals surface area contributed by atoms with Crippen molar-refractivity contribution in [3.8, 4) is 0 Å². The van der Waals surface area contributed by atoms with Crippen molar-refractivity contribution in [2.24, 2.45) is 5.73 Å². The maximum atomic E-state index is 10.4. The lowest BCUT2D eigenvalue weighted by Gasteiger charge is -2.07. The minimum Gasteiger partial charge on any atom is -0.352 e. The Labute approximate surface area is 102 Å². The fourth-order valence-corrected chi connectivity index (χ4v) is 1.88. The molecule has 4 heteroatoms. The summed E-state index contributed by atoms with van der Waals surface area (Å²) >= 11 is 0. The molecule has 2 amide bonds. The second-order valence-electron chi connectivity index (χ2n) is 4.49. The van der Waals surface area contributed by atoms with Crippen LogP contribution in [0.25, 0.3) is 0 Å². The second-order valence-corrected chi connectivity index (χ2v) is 4.49. The van der Waals surface area contributed by atoms with Crippen LogP contribution in [0.3, 0.4) is 0 Å². The van der Waals surface area contributed by atoms with Gasteiger partial charge >= 0.3 is 6.03 Å². The van der Waals surface area contributed by atoms with Crippen LogP contribution in [0, 0.1) is 0 Å². The third-order valence-electron chi connectivity index (χ3n) is 2.93. The molecule has 0 bridgehead atoms. The van der Waals surface area contributed by atoms with Crippen LogP contribution in [-0.2, 0) is 6.54 Å². The molecule has 0 unspecified atom stereocenters. The van der Waals surface area contributed by atoms with Gasteiger partial charge in [-0.15, -0.1) is 0 Å². The van der Waals surface area contributed by atoms with Crippen LogP contribution >= 0.6 is 0 Å². The lowest BCUT2D eigenvalue weighted by Crippen LogP contribution is -2.35. The summed E-state index contributed by atoms with van der Waals surface area (Å²) in [6.07, 6.45) is 2.67. The first-order valence-corrected chi connectivity index (χ1v) is 6.08. The monoisotopic (exact) mass is 233 g/mol. The molecule has 4 nitrogen and oxygen atoms in total. The smallest absolute Gasteiger partial charge is 0.312 e. The molecule has 2 rings (SSSR count). The summed E-state index contributed by atoms with van der Waals surface area (Å²) in [5, 5.41) is 5.82. The van der Waals surface area contributed by atoms with E-state index in [1.165, 1.54) is 24.0 Å². The summed E-state index contributed by atoms with van der Waals surface area (Å²) in [6, 6.07) is 8.25. The van der Waals surface area contributed by atoms with E-state index < -0.39 is 6.03 Å². The van der Waals surface area contributed by atoms with Gasteiger partial charge in [0.2, 0.25) is 0 Å². The van der Waals surface area contributed by atoms with Crippen molar-refractivity contribution in [2.75, 3.05) is 13.1 Å². The van der Waals surface area contributed by atoms with Crippen LogP contribution in [0.15, 0.2) is 24.3 Å². The van der Waals surface area contributed by atoms with Crippen LogP contribution in [0.5, 0.6) is 0 Å². The highest BCUT2D eigenvalue weighted by Gasteiger charge is 2.23. The average molecular weight is 233 g/mol. The molecule has 0 heterocycles. The van der Waals surface area contributed by atoms with Crippen molar-refractivity contribution in [3.63, 3.8) is 0 Å². The zero-order chi connectivity index (χ0) is 12.1. The van der Waals surface area contributed by atoms with E-state index in [2.05, 4.69) is 34.9 Å². The maximum absolute atomic E-state index is 10.4. The van der Waals surface area contributed by atoms with Gasteiger partial charge in [0.15, 0.2) is 0 Å². The first kappa shape index (κ1) is 11.9. The molecule has 0 aromatic heterocycles. The van der Waals surface area contributed by atoms with Crippen molar-refractivity contribution in [1.82, 2.24) is 10.6 Å². The molecule has 1 aromatic carbocycles. The van der Waals surface area contributed by atoms with Crippen LogP contribution in [-0.4, -0.2) is 19.1 Å². The summed E-state index contributed by atoms with van der Waals surface area (Å²) in [6.45, 7) is 2.13. The molecule has 0 spiro atoms. The lowest BCUT2D eigenvalue weighted by molar-refractivity contribution is 0.249. The number of primary amides is 1. The van der Waals surface area contributed by atoms with Gasteiger partial charge < -0.3 is 16.4 Å². The lowest BCUT2D eigenvalue weighted by atomic mass is 10.1. The van der Waals surface area contributed by atoms with E-state index in [1.807, 2.05) is 0 Å². The number of nitrogens with one attached hydrogen (secondary N) is 2. The molecule has 1 saturated carbocycles. The van der Waals surface area contributed by atoms with Crippen LogP contribution in [0.2, 0.25) is 0 Å². The largest absolute Gasteiger partial charge is 0.352 e. The van der Waals surface area contributed by atoms with Crippen molar-refractivity contribution in [3.05, 3.63) is 35.4 Å². The third kappa shape index (κ3) is 4.07. The van der Waals surface area contributed by atoms with Gasteiger partial charge in [0, 0.05) is 19.6 Å². The van der Waals surface area contributed by atoms with Gasteiger partial charge in [-0.05, 0) is 29.9 Å². The van der Waals surface area contributed by atoms with Gasteiger partial charge in [-0.3, -0.25) is 0 Å². The predicted octanol–water partition coefficient (Wildman–Crippen LogP) is 1.32. The van der Waals surface area contributed by atoms with E-state index in [9.17, 15) is 4.79 Å². The zero-order valence-electron chi connectivity index (χ0n) is 9.91. The van der Waals surface area contributed by atoms with Crippen molar-refractivity contribution >= 4 is 6.03 Å². The van der Waals surface area contributed by atoms with Gasteiger partial charge in [0.1, 0.15) is 0 Å². The van der Waals surface area contributed by atoms with Crippen molar-refractivity contribution in [1.29, 1.82) is 0 Å². The Morgan fingerprint density at radius 3 is 2.88 bits per heavy atom. The van der Waals surface area contributed by atoms with Gasteiger partial charge in [-0.2, -0.15) is 0 Å². The Hall–Kier alpha value is -1.55. The predicted molar refractivity (Wildman–Crippen MR) is 67.7 cm³/mol. The summed E-state index contributed by atoms with van der Waals surface area (Å²) in [4.78, 5) is 10.4. The number of urea groups is 1. The molecule has 92 valence electrons. The molecular formula is C13H19N3O. The van der Waals surface area contributed by atoms with Crippen LogP contribution in [0.4, 0.5) is 4.79 Å². The van der Waals surface area contributed by atoms with E-state index in [-0.39, 0.29) is 0 Å². The Kier molecular flexibility index (Phi) is 3.98. The fraction of sp³-hybridized carbons (Fsp3) is 0.462. The molecule has 0 atom stereocenters. The van der Waals surface area contributed by atoms with E-state index >= 15 is 0 Å². The van der Waals surface area contributed by atoms with Gasteiger partial charge in [0.25, 0.3) is 0 Å². The van der Waals surface area contributed by atoms with E-state index in [4.69, 9.17) is 5.73 Å². The zero-order valence-corrected chi connectivity index (χ0v) is 9.91. The quantitative estimate of drug-likeness (QED) is 0.649. The van der Waals surface area contributed by atoms with Crippen molar-refractivity contribution in [2.45, 2.75) is 25.3 Å². The van der Waals surface area contributed by atoms with Gasteiger partial charge in [-0.1, -0.05) is 24.3 Å². The topological polar surface area (TPSA) is 67.2 Å². The standard InChI is InChI=1S/C13H19N3O/c14-13(17)16-7-6-15-9-10-2-1-3-12(8-10)11-4-5-11/h1-3,8,11,15H,4-7,9H2,(H3,14,16,17). The number of rotatable bonds is 6. The highest BCUT2D eigenvalue weighted by molar-refractivity contribution is 5.71. The average Bonchev–Trinajstić information content (AvgIpc) is 3.12. The Balaban J connectivity index is 1.71. The van der Waals surface area contributed by atoms with E-state index in [1.54, 1.807) is 0 Å². The Morgan fingerprint density at radius 2 is 2.18 bits per heavy atom. The Bertz CT molecular complexity index is 388. The highest BCUT2D eigenvalue weighted by atomic mass is 16.2. The second kappa shape index (κ2) is 5.68. The molecule has 1 aliphatic rings. The summed E-state index contributed by atoms with van der Waals surface area (Å²) in [5.74, 6) is 0.798. The first-order valence-electron chi connectivity index (χ1n) is 6.08. The number of hydrogen-bond acceptors (Lipinski definition) is 2. The number of carbonyl (C=O) groups excluding carboxylic acids is 1. The fourth-order valence-electron chi connectivity index (χ4n) is 1.88. The molecule has 1 aromatic rings. The summed E-state index contributed by atoms with van der Waals surface area (Å²) in [7, 11) is 0. The minimum atomic E-state index is -0.470.